The Morgan fingerprint density at radius 1 is 1.08 bits per heavy atom. The zero-order valence-electron chi connectivity index (χ0n) is 15.0. The first-order valence-electron chi connectivity index (χ1n) is 8.68. The third kappa shape index (κ3) is 3.99. The standard InChI is InChI=1S/C21H22N2O3/c1-14-3-5-16(6-4-14)12-22-21(26)18-11-20(25)23(13-18)19-9-7-17(8-10-19)15(2)24/h3-10,18H,11-13H2,1-2H3,(H,22,26). The van der Waals surface area contributed by atoms with E-state index >= 15 is 0 Å². The lowest BCUT2D eigenvalue weighted by Crippen LogP contribution is -2.32. The molecule has 1 N–H and O–H groups in total. The van der Waals surface area contributed by atoms with Crippen molar-refractivity contribution in [2.75, 3.05) is 11.4 Å². The minimum atomic E-state index is -0.361. The summed E-state index contributed by atoms with van der Waals surface area (Å²) in [4.78, 5) is 37.7. The number of benzene rings is 2. The van der Waals surface area contributed by atoms with Crippen molar-refractivity contribution in [3.05, 3.63) is 65.2 Å². The average Bonchev–Trinajstić information content (AvgIpc) is 3.03. The zero-order chi connectivity index (χ0) is 18.7. The number of rotatable bonds is 5. The largest absolute Gasteiger partial charge is 0.352 e. The first kappa shape index (κ1) is 17.9. The van der Waals surface area contributed by atoms with Crippen LogP contribution in [-0.4, -0.2) is 24.1 Å². The van der Waals surface area contributed by atoms with Crippen LogP contribution in [0.25, 0.3) is 0 Å². The third-order valence-corrected chi connectivity index (χ3v) is 4.67. The number of ketones is 1. The normalized spacial score (nSPS) is 16.6. The molecule has 0 aliphatic carbocycles. The summed E-state index contributed by atoms with van der Waals surface area (Å²) in [7, 11) is 0. The summed E-state index contributed by atoms with van der Waals surface area (Å²) >= 11 is 0. The average molecular weight is 350 g/mol. The molecule has 134 valence electrons. The van der Waals surface area contributed by atoms with Crippen molar-refractivity contribution < 1.29 is 14.4 Å². The Labute approximate surface area is 153 Å². The van der Waals surface area contributed by atoms with E-state index in [0.717, 1.165) is 5.56 Å². The molecule has 0 saturated carbocycles. The number of anilines is 1. The molecule has 3 rings (SSSR count). The van der Waals surface area contributed by atoms with E-state index in [1.165, 1.54) is 12.5 Å². The second-order valence-corrected chi connectivity index (χ2v) is 6.71. The maximum Gasteiger partial charge on any atom is 0.227 e. The number of Topliss-reactive ketones (excluding diaryl/α,β-unsaturated/α-hetero) is 1. The van der Waals surface area contributed by atoms with E-state index in [0.29, 0.717) is 24.3 Å². The van der Waals surface area contributed by atoms with Crippen LogP contribution in [-0.2, 0) is 16.1 Å². The van der Waals surface area contributed by atoms with E-state index < -0.39 is 0 Å². The number of nitrogens with one attached hydrogen (secondary N) is 1. The van der Waals surface area contributed by atoms with Crippen LogP contribution >= 0.6 is 0 Å². The third-order valence-electron chi connectivity index (χ3n) is 4.67. The van der Waals surface area contributed by atoms with Gasteiger partial charge in [-0.25, -0.2) is 0 Å². The van der Waals surface area contributed by atoms with E-state index in [1.807, 2.05) is 31.2 Å². The number of amides is 2. The summed E-state index contributed by atoms with van der Waals surface area (Å²) in [5.74, 6) is -0.559. The number of carbonyl (C=O) groups excluding carboxylic acids is 3. The highest BCUT2D eigenvalue weighted by Crippen LogP contribution is 2.25. The number of aryl methyl sites for hydroxylation is 1. The van der Waals surface area contributed by atoms with E-state index in [4.69, 9.17) is 0 Å². The summed E-state index contributed by atoms with van der Waals surface area (Å²) in [5.41, 5.74) is 3.53. The number of hydrogen-bond donors (Lipinski definition) is 1. The molecular weight excluding hydrogens is 328 g/mol. The molecule has 1 aliphatic rings. The Morgan fingerprint density at radius 3 is 2.35 bits per heavy atom. The summed E-state index contributed by atoms with van der Waals surface area (Å²) in [6, 6.07) is 14.9. The predicted molar refractivity (Wildman–Crippen MR) is 99.9 cm³/mol. The Kier molecular flexibility index (Phi) is 5.16. The van der Waals surface area contributed by atoms with Gasteiger partial charge in [0.15, 0.2) is 5.78 Å². The number of carbonyl (C=O) groups is 3. The van der Waals surface area contributed by atoms with Crippen LogP contribution in [0.1, 0.15) is 34.8 Å². The molecule has 1 heterocycles. The van der Waals surface area contributed by atoms with Gasteiger partial charge in [-0.1, -0.05) is 29.8 Å². The van der Waals surface area contributed by atoms with Crippen LogP contribution in [0.15, 0.2) is 48.5 Å². The van der Waals surface area contributed by atoms with Crippen LogP contribution in [0.3, 0.4) is 0 Å². The molecule has 2 aromatic rings. The molecule has 1 unspecified atom stereocenters. The second kappa shape index (κ2) is 7.52. The van der Waals surface area contributed by atoms with Gasteiger partial charge in [-0.3, -0.25) is 14.4 Å². The molecule has 0 bridgehead atoms. The smallest absolute Gasteiger partial charge is 0.227 e. The zero-order valence-corrected chi connectivity index (χ0v) is 15.0. The number of hydrogen-bond acceptors (Lipinski definition) is 3. The van der Waals surface area contributed by atoms with Gasteiger partial charge < -0.3 is 10.2 Å². The lowest BCUT2D eigenvalue weighted by atomic mass is 10.1. The van der Waals surface area contributed by atoms with E-state index in [-0.39, 0.29) is 29.9 Å². The van der Waals surface area contributed by atoms with Crippen LogP contribution in [0, 0.1) is 12.8 Å². The van der Waals surface area contributed by atoms with Gasteiger partial charge in [-0.05, 0) is 43.7 Å². The molecule has 0 aromatic heterocycles. The maximum absolute atomic E-state index is 12.4. The Bertz CT molecular complexity index is 825. The van der Waals surface area contributed by atoms with Crippen molar-refractivity contribution in [2.45, 2.75) is 26.8 Å². The van der Waals surface area contributed by atoms with Gasteiger partial charge >= 0.3 is 0 Å². The van der Waals surface area contributed by atoms with Crippen LogP contribution in [0.2, 0.25) is 0 Å². The Hall–Kier alpha value is -2.95. The molecule has 0 radical (unpaired) electrons. The molecule has 1 saturated heterocycles. The molecular formula is C21H22N2O3. The molecule has 26 heavy (non-hydrogen) atoms. The summed E-state index contributed by atoms with van der Waals surface area (Å²) in [6.07, 6.45) is 0.203. The highest BCUT2D eigenvalue weighted by atomic mass is 16.2. The Balaban J connectivity index is 1.60. The molecule has 1 atom stereocenters. The van der Waals surface area contributed by atoms with Gasteiger partial charge in [0.05, 0.1) is 5.92 Å². The minimum absolute atomic E-state index is 0.0161. The van der Waals surface area contributed by atoms with Gasteiger partial charge in [0.2, 0.25) is 11.8 Å². The predicted octanol–water partition coefficient (Wildman–Crippen LogP) is 2.87. The van der Waals surface area contributed by atoms with Crippen molar-refractivity contribution in [3.63, 3.8) is 0 Å². The molecule has 2 amide bonds. The molecule has 5 nitrogen and oxygen atoms in total. The van der Waals surface area contributed by atoms with E-state index in [1.54, 1.807) is 29.2 Å². The summed E-state index contributed by atoms with van der Waals surface area (Å²) in [6.45, 7) is 4.34. The molecule has 0 spiro atoms. The summed E-state index contributed by atoms with van der Waals surface area (Å²) < 4.78 is 0. The van der Waals surface area contributed by atoms with Crippen molar-refractivity contribution in [2.24, 2.45) is 5.92 Å². The fraction of sp³-hybridized carbons (Fsp3) is 0.286. The van der Waals surface area contributed by atoms with Gasteiger partial charge in [-0.2, -0.15) is 0 Å². The lowest BCUT2D eigenvalue weighted by molar-refractivity contribution is -0.126. The molecule has 1 aliphatic heterocycles. The van der Waals surface area contributed by atoms with E-state index in [9.17, 15) is 14.4 Å². The van der Waals surface area contributed by atoms with Crippen LogP contribution < -0.4 is 10.2 Å². The van der Waals surface area contributed by atoms with Crippen molar-refractivity contribution >= 4 is 23.3 Å². The van der Waals surface area contributed by atoms with Gasteiger partial charge in [-0.15, -0.1) is 0 Å². The van der Waals surface area contributed by atoms with Crippen LogP contribution in [0.5, 0.6) is 0 Å². The monoisotopic (exact) mass is 350 g/mol. The van der Waals surface area contributed by atoms with Gasteiger partial charge in [0.25, 0.3) is 0 Å². The highest BCUT2D eigenvalue weighted by Gasteiger charge is 2.34. The first-order valence-corrected chi connectivity index (χ1v) is 8.68. The molecule has 1 fully saturated rings. The topological polar surface area (TPSA) is 66.5 Å². The second-order valence-electron chi connectivity index (χ2n) is 6.71. The Morgan fingerprint density at radius 2 is 1.73 bits per heavy atom. The van der Waals surface area contributed by atoms with Crippen molar-refractivity contribution in [3.8, 4) is 0 Å². The fourth-order valence-electron chi connectivity index (χ4n) is 3.05. The van der Waals surface area contributed by atoms with E-state index in [2.05, 4.69) is 5.32 Å². The SMILES string of the molecule is CC(=O)c1ccc(N2CC(C(=O)NCc3ccc(C)cc3)CC2=O)cc1. The molecule has 2 aromatic carbocycles. The molecule has 5 heteroatoms. The fourth-order valence-corrected chi connectivity index (χ4v) is 3.05. The first-order chi connectivity index (χ1) is 12.4. The maximum atomic E-state index is 12.4. The summed E-state index contributed by atoms with van der Waals surface area (Å²) in [5, 5.41) is 2.91. The number of nitrogens with zero attached hydrogens (tertiary/aromatic N) is 1. The van der Waals surface area contributed by atoms with Gasteiger partial charge in [0, 0.05) is 30.8 Å². The van der Waals surface area contributed by atoms with Crippen LogP contribution in [0.4, 0.5) is 5.69 Å². The van der Waals surface area contributed by atoms with Gasteiger partial charge in [0.1, 0.15) is 0 Å². The van der Waals surface area contributed by atoms with Crippen molar-refractivity contribution in [1.29, 1.82) is 0 Å². The highest BCUT2D eigenvalue weighted by molar-refractivity contribution is 6.01. The van der Waals surface area contributed by atoms with Crippen molar-refractivity contribution in [1.82, 2.24) is 5.32 Å². The minimum Gasteiger partial charge on any atom is -0.352 e. The quantitative estimate of drug-likeness (QED) is 0.843. The lowest BCUT2D eigenvalue weighted by Gasteiger charge is -2.17.